The Morgan fingerprint density at radius 3 is 2.80 bits per heavy atom. The van der Waals surface area contributed by atoms with Crippen molar-refractivity contribution in [2.24, 2.45) is 11.7 Å². The number of hydrogen-bond acceptors (Lipinski definition) is 3. The Morgan fingerprint density at radius 1 is 1.40 bits per heavy atom. The fourth-order valence-electron chi connectivity index (χ4n) is 2.85. The Hall–Kier alpha value is -0.900. The van der Waals surface area contributed by atoms with Gasteiger partial charge in [0.15, 0.2) is 0 Å². The van der Waals surface area contributed by atoms with E-state index in [4.69, 9.17) is 10.5 Å². The molecule has 0 radical (unpaired) electrons. The Morgan fingerprint density at radius 2 is 2.20 bits per heavy atom. The van der Waals surface area contributed by atoms with Crippen LogP contribution in [-0.4, -0.2) is 31.6 Å². The molecule has 1 aromatic rings. The van der Waals surface area contributed by atoms with Gasteiger partial charge in [0.2, 0.25) is 0 Å². The van der Waals surface area contributed by atoms with Crippen molar-refractivity contribution in [1.82, 2.24) is 4.90 Å². The van der Waals surface area contributed by atoms with E-state index in [1.165, 1.54) is 36.9 Å². The van der Waals surface area contributed by atoms with Gasteiger partial charge in [0.05, 0.1) is 6.61 Å². The molecule has 0 aliphatic heterocycles. The summed E-state index contributed by atoms with van der Waals surface area (Å²) in [7, 11) is 1.74. The lowest BCUT2D eigenvalue weighted by atomic mass is 10.0. The molecule has 1 atom stereocenters. The van der Waals surface area contributed by atoms with E-state index in [2.05, 4.69) is 36.1 Å². The van der Waals surface area contributed by atoms with Crippen molar-refractivity contribution >= 4 is 0 Å². The summed E-state index contributed by atoms with van der Waals surface area (Å²) in [5.41, 5.74) is 8.64. The Balaban J connectivity index is 2.12. The van der Waals surface area contributed by atoms with Crippen molar-refractivity contribution in [3.8, 4) is 0 Å². The van der Waals surface area contributed by atoms with Gasteiger partial charge in [0.25, 0.3) is 0 Å². The highest BCUT2D eigenvalue weighted by Crippen LogP contribution is 2.32. The van der Waals surface area contributed by atoms with E-state index < -0.39 is 0 Å². The summed E-state index contributed by atoms with van der Waals surface area (Å²) < 4.78 is 5.23. The molecule has 3 nitrogen and oxygen atoms in total. The van der Waals surface area contributed by atoms with E-state index in [1.54, 1.807) is 7.11 Å². The number of hydrogen-bond donors (Lipinski definition) is 1. The van der Waals surface area contributed by atoms with Crippen LogP contribution in [0.15, 0.2) is 24.3 Å². The van der Waals surface area contributed by atoms with E-state index in [1.807, 2.05) is 0 Å². The zero-order valence-corrected chi connectivity index (χ0v) is 12.8. The molecule has 1 fully saturated rings. The monoisotopic (exact) mass is 276 g/mol. The van der Waals surface area contributed by atoms with Gasteiger partial charge in [-0.3, -0.25) is 4.90 Å². The van der Waals surface area contributed by atoms with Crippen molar-refractivity contribution in [2.45, 2.75) is 38.8 Å². The van der Waals surface area contributed by atoms with E-state index in [-0.39, 0.29) is 0 Å². The highest BCUT2D eigenvalue weighted by molar-refractivity contribution is 5.26. The van der Waals surface area contributed by atoms with Gasteiger partial charge < -0.3 is 10.5 Å². The summed E-state index contributed by atoms with van der Waals surface area (Å²) in [4.78, 5) is 2.57. The number of benzene rings is 1. The van der Waals surface area contributed by atoms with Crippen molar-refractivity contribution in [3.05, 3.63) is 35.4 Å². The maximum Gasteiger partial charge on any atom is 0.0713 e. The molecule has 1 aliphatic rings. The SMILES string of the molecule is CCCN(CC1CC1)C(CN)c1cccc(COC)c1. The highest BCUT2D eigenvalue weighted by Gasteiger charge is 2.27. The second kappa shape index (κ2) is 7.77. The van der Waals surface area contributed by atoms with Crippen LogP contribution in [0.4, 0.5) is 0 Å². The molecule has 2 N–H and O–H groups in total. The van der Waals surface area contributed by atoms with E-state index >= 15 is 0 Å². The van der Waals surface area contributed by atoms with E-state index in [0.29, 0.717) is 19.2 Å². The van der Waals surface area contributed by atoms with Crippen molar-refractivity contribution in [2.75, 3.05) is 26.7 Å². The summed E-state index contributed by atoms with van der Waals surface area (Å²) in [5, 5.41) is 0. The molecule has 20 heavy (non-hydrogen) atoms. The van der Waals surface area contributed by atoms with Crippen LogP contribution in [0.3, 0.4) is 0 Å². The first-order chi connectivity index (χ1) is 9.78. The zero-order valence-electron chi connectivity index (χ0n) is 12.8. The van der Waals surface area contributed by atoms with E-state index in [9.17, 15) is 0 Å². The first-order valence-corrected chi connectivity index (χ1v) is 7.80. The van der Waals surface area contributed by atoms with Crippen molar-refractivity contribution in [1.29, 1.82) is 0 Å². The molecule has 2 rings (SSSR count). The van der Waals surface area contributed by atoms with Gasteiger partial charge in [0.1, 0.15) is 0 Å². The molecule has 3 heteroatoms. The van der Waals surface area contributed by atoms with Gasteiger partial charge in [0, 0.05) is 26.2 Å². The molecule has 0 spiro atoms. The van der Waals surface area contributed by atoms with Crippen LogP contribution >= 0.6 is 0 Å². The van der Waals surface area contributed by atoms with E-state index in [0.717, 1.165) is 12.5 Å². The molecular weight excluding hydrogens is 248 g/mol. The van der Waals surface area contributed by atoms with Crippen LogP contribution in [-0.2, 0) is 11.3 Å². The lowest BCUT2D eigenvalue weighted by Crippen LogP contribution is -2.36. The Kier molecular flexibility index (Phi) is 6.02. The molecule has 1 unspecified atom stereocenters. The molecule has 0 aromatic heterocycles. The summed E-state index contributed by atoms with van der Waals surface area (Å²) in [6, 6.07) is 9.02. The standard InChI is InChI=1S/C17H28N2O/c1-3-9-19(12-14-7-8-14)17(11-18)16-6-4-5-15(10-16)13-20-2/h4-6,10,14,17H,3,7-9,11-13,18H2,1-2H3. The third-order valence-electron chi connectivity index (χ3n) is 4.01. The minimum Gasteiger partial charge on any atom is -0.380 e. The van der Waals surface area contributed by atoms with Crippen LogP contribution in [0.2, 0.25) is 0 Å². The molecular formula is C17H28N2O. The smallest absolute Gasteiger partial charge is 0.0713 e. The quantitative estimate of drug-likeness (QED) is 0.753. The Bertz CT molecular complexity index is 404. The lowest BCUT2D eigenvalue weighted by molar-refractivity contribution is 0.182. The normalized spacial score (nSPS) is 16.6. The molecule has 0 bridgehead atoms. The number of ether oxygens (including phenoxy) is 1. The van der Waals surface area contributed by atoms with Crippen LogP contribution in [0.1, 0.15) is 43.4 Å². The minimum atomic E-state index is 0.340. The summed E-state index contributed by atoms with van der Waals surface area (Å²) >= 11 is 0. The second-order valence-corrected chi connectivity index (χ2v) is 5.87. The summed E-state index contributed by atoms with van der Waals surface area (Å²) in [6.45, 7) is 5.93. The number of rotatable bonds is 9. The first-order valence-electron chi connectivity index (χ1n) is 7.80. The van der Waals surface area contributed by atoms with Gasteiger partial charge in [-0.1, -0.05) is 31.2 Å². The average molecular weight is 276 g/mol. The van der Waals surface area contributed by atoms with Crippen LogP contribution in [0.25, 0.3) is 0 Å². The fraction of sp³-hybridized carbons (Fsp3) is 0.647. The molecule has 1 aliphatic carbocycles. The fourth-order valence-corrected chi connectivity index (χ4v) is 2.85. The second-order valence-electron chi connectivity index (χ2n) is 5.87. The predicted molar refractivity (Wildman–Crippen MR) is 83.5 cm³/mol. The zero-order chi connectivity index (χ0) is 14.4. The predicted octanol–water partition coefficient (Wildman–Crippen LogP) is 2.95. The van der Waals surface area contributed by atoms with Crippen molar-refractivity contribution < 1.29 is 4.74 Å². The first kappa shape index (κ1) is 15.5. The van der Waals surface area contributed by atoms with Gasteiger partial charge in [-0.25, -0.2) is 0 Å². The summed E-state index contributed by atoms with van der Waals surface area (Å²) in [6.07, 6.45) is 3.96. The molecule has 1 saturated carbocycles. The van der Waals surface area contributed by atoms with Gasteiger partial charge >= 0.3 is 0 Å². The topological polar surface area (TPSA) is 38.5 Å². The van der Waals surface area contributed by atoms with Gasteiger partial charge in [-0.15, -0.1) is 0 Å². The lowest BCUT2D eigenvalue weighted by Gasteiger charge is -2.31. The molecule has 112 valence electrons. The molecule has 1 aromatic carbocycles. The third kappa shape index (κ3) is 4.30. The maximum absolute atomic E-state index is 6.08. The maximum atomic E-state index is 6.08. The van der Waals surface area contributed by atoms with Crippen LogP contribution in [0.5, 0.6) is 0 Å². The number of methoxy groups -OCH3 is 1. The van der Waals surface area contributed by atoms with Gasteiger partial charge in [-0.05, 0) is 42.9 Å². The van der Waals surface area contributed by atoms with Crippen LogP contribution in [0, 0.1) is 5.92 Å². The minimum absolute atomic E-state index is 0.340. The molecule has 0 heterocycles. The number of nitrogens with zero attached hydrogens (tertiary/aromatic N) is 1. The molecule has 0 saturated heterocycles. The van der Waals surface area contributed by atoms with Gasteiger partial charge in [-0.2, -0.15) is 0 Å². The largest absolute Gasteiger partial charge is 0.380 e. The number of nitrogens with two attached hydrogens (primary N) is 1. The molecule has 0 amide bonds. The summed E-state index contributed by atoms with van der Waals surface area (Å²) in [5.74, 6) is 0.901. The third-order valence-corrected chi connectivity index (χ3v) is 4.01. The Labute approximate surface area is 123 Å². The van der Waals surface area contributed by atoms with Crippen molar-refractivity contribution in [3.63, 3.8) is 0 Å². The van der Waals surface area contributed by atoms with Crippen LogP contribution < -0.4 is 5.73 Å². The average Bonchev–Trinajstić information content (AvgIpc) is 3.25. The highest BCUT2D eigenvalue weighted by atomic mass is 16.5.